The number of anilines is 3. The molecule has 0 N–H and O–H groups in total. The van der Waals surface area contributed by atoms with Crippen molar-refractivity contribution in [1.29, 1.82) is 0 Å². The topological polar surface area (TPSA) is 3.24 Å². The summed E-state index contributed by atoms with van der Waals surface area (Å²) in [6.07, 6.45) is 0. The van der Waals surface area contributed by atoms with Crippen LogP contribution in [0.4, 0.5) is 17.1 Å². The van der Waals surface area contributed by atoms with Gasteiger partial charge in [-0.3, -0.25) is 0 Å². The molecule has 6 aromatic carbocycles. The van der Waals surface area contributed by atoms with Crippen molar-refractivity contribution in [3.8, 4) is 22.3 Å². The third-order valence-electron chi connectivity index (χ3n) is 8.28. The van der Waals surface area contributed by atoms with E-state index in [4.69, 9.17) is 0 Å². The normalized spacial score (nSPS) is 13.9. The lowest BCUT2D eigenvalue weighted by Crippen LogP contribution is -2.77. The van der Waals surface area contributed by atoms with Crippen LogP contribution in [0.15, 0.2) is 152 Å². The Kier molecular flexibility index (Phi) is 4.61. The summed E-state index contributed by atoms with van der Waals surface area (Å²) in [6, 6.07) is 56.4. The highest BCUT2D eigenvalue weighted by atomic mass is 28.3. The van der Waals surface area contributed by atoms with Gasteiger partial charge in [0, 0.05) is 16.8 Å². The van der Waals surface area contributed by atoms with Gasteiger partial charge in [0.25, 0.3) is 0 Å². The maximum atomic E-state index is 2.55. The monoisotopic (exact) mass is 499 g/mol. The number of para-hydroxylation sites is 3. The summed E-state index contributed by atoms with van der Waals surface area (Å²) < 4.78 is 0. The summed E-state index contributed by atoms with van der Waals surface area (Å²) in [5.41, 5.74) is 9.00. The van der Waals surface area contributed by atoms with E-state index < -0.39 is 8.07 Å². The molecule has 0 radical (unpaired) electrons. The van der Waals surface area contributed by atoms with Crippen LogP contribution in [-0.2, 0) is 0 Å². The van der Waals surface area contributed by atoms with Gasteiger partial charge in [0.2, 0.25) is 0 Å². The van der Waals surface area contributed by atoms with Crippen molar-refractivity contribution in [3.05, 3.63) is 152 Å². The number of benzene rings is 6. The predicted octanol–water partition coefficient (Wildman–Crippen LogP) is 6.49. The van der Waals surface area contributed by atoms with E-state index in [1.807, 2.05) is 0 Å². The molecule has 2 heterocycles. The number of rotatable bonds is 2. The molecule has 8 rings (SSSR count). The molecule has 38 heavy (non-hydrogen) atoms. The third-order valence-corrected chi connectivity index (χ3v) is 13.1. The Morgan fingerprint density at radius 1 is 0.342 bits per heavy atom. The van der Waals surface area contributed by atoms with E-state index in [1.165, 1.54) is 60.1 Å². The highest BCUT2D eigenvalue weighted by molar-refractivity contribution is 7.21. The van der Waals surface area contributed by atoms with Gasteiger partial charge in [0.1, 0.15) is 0 Å². The molecule has 1 nitrogen and oxygen atoms in total. The summed E-state index contributed by atoms with van der Waals surface area (Å²) in [7, 11) is -2.64. The molecule has 0 aromatic heterocycles. The fourth-order valence-electron chi connectivity index (χ4n) is 6.82. The van der Waals surface area contributed by atoms with Crippen molar-refractivity contribution in [2.24, 2.45) is 0 Å². The maximum Gasteiger partial charge on any atom is 0.184 e. The minimum atomic E-state index is -2.64. The molecule has 0 spiro atoms. The number of hydrogen-bond acceptors (Lipinski definition) is 1. The van der Waals surface area contributed by atoms with E-state index in [1.54, 1.807) is 0 Å². The number of nitrogens with zero attached hydrogens (tertiary/aromatic N) is 1. The second-order valence-electron chi connectivity index (χ2n) is 10.1. The van der Waals surface area contributed by atoms with Gasteiger partial charge in [-0.25, -0.2) is 0 Å². The van der Waals surface area contributed by atoms with Gasteiger partial charge in [0.15, 0.2) is 8.07 Å². The molecule has 0 saturated carbocycles. The highest BCUT2D eigenvalue weighted by Crippen LogP contribution is 2.51. The number of fused-ring (bicyclic) bond motifs is 7. The summed E-state index contributed by atoms with van der Waals surface area (Å²) in [4.78, 5) is 2.55. The summed E-state index contributed by atoms with van der Waals surface area (Å²) in [5.74, 6) is 0. The first kappa shape index (κ1) is 21.4. The minimum absolute atomic E-state index is 1.24. The molecule has 178 valence electrons. The lowest BCUT2D eigenvalue weighted by Gasteiger charge is -2.45. The van der Waals surface area contributed by atoms with Gasteiger partial charge in [-0.1, -0.05) is 140 Å². The van der Waals surface area contributed by atoms with Crippen LogP contribution in [0.1, 0.15) is 0 Å². The van der Waals surface area contributed by atoms with E-state index >= 15 is 0 Å². The molecule has 2 aliphatic heterocycles. The second-order valence-corrected chi connectivity index (χ2v) is 13.8. The van der Waals surface area contributed by atoms with Crippen LogP contribution in [0.3, 0.4) is 0 Å². The van der Waals surface area contributed by atoms with Crippen LogP contribution in [0.2, 0.25) is 0 Å². The first-order valence-electron chi connectivity index (χ1n) is 13.2. The average molecular weight is 500 g/mol. The zero-order chi connectivity index (χ0) is 25.1. The standard InChI is InChI=1S/C36H25NSi/c1-3-14-26(15-4-1)38(27-16-5-2-6-17-27)34-24-12-11-23-33(34)37-32-22-10-9-20-30(32)28-18-7-8-19-29(28)31-21-13-25-35(38)36(31)37/h1-25H. The smallest absolute Gasteiger partial charge is 0.184 e. The van der Waals surface area contributed by atoms with Gasteiger partial charge in [-0.05, 0) is 44.0 Å². The summed E-state index contributed by atoms with van der Waals surface area (Å²) in [6.45, 7) is 0. The fourth-order valence-corrected chi connectivity index (χ4v) is 11.9. The van der Waals surface area contributed by atoms with Crippen LogP contribution in [0, 0.1) is 0 Å². The van der Waals surface area contributed by atoms with Crippen molar-refractivity contribution < 1.29 is 0 Å². The van der Waals surface area contributed by atoms with Crippen LogP contribution < -0.4 is 25.6 Å². The Balaban J connectivity index is 1.62. The molecule has 2 aliphatic rings. The van der Waals surface area contributed by atoms with E-state index in [0.29, 0.717) is 0 Å². The largest absolute Gasteiger partial charge is 0.309 e. The average Bonchev–Trinajstić information content (AvgIpc) is 3.13. The van der Waals surface area contributed by atoms with Crippen molar-refractivity contribution in [2.75, 3.05) is 4.90 Å². The van der Waals surface area contributed by atoms with Gasteiger partial charge in [-0.2, -0.15) is 0 Å². The van der Waals surface area contributed by atoms with E-state index in [-0.39, 0.29) is 0 Å². The molecular formula is C36H25NSi. The first-order chi connectivity index (χ1) is 18.9. The molecule has 0 fully saturated rings. The molecule has 0 aliphatic carbocycles. The Hall–Kier alpha value is -4.66. The quantitative estimate of drug-likeness (QED) is 0.246. The van der Waals surface area contributed by atoms with Crippen LogP contribution in [-0.4, -0.2) is 8.07 Å². The van der Waals surface area contributed by atoms with Crippen molar-refractivity contribution >= 4 is 45.9 Å². The Morgan fingerprint density at radius 2 is 0.816 bits per heavy atom. The SMILES string of the molecule is c1ccc([Si]2(c3ccccc3)c3ccccc3N3c4ccccc4-c4ccccc4-c4cccc2c43)cc1. The molecular weight excluding hydrogens is 474 g/mol. The van der Waals surface area contributed by atoms with E-state index in [0.717, 1.165) is 0 Å². The maximum absolute atomic E-state index is 2.64. The van der Waals surface area contributed by atoms with Crippen LogP contribution in [0.25, 0.3) is 22.3 Å². The van der Waals surface area contributed by atoms with Crippen LogP contribution >= 0.6 is 0 Å². The molecule has 0 saturated heterocycles. The molecule has 0 amide bonds. The second kappa shape index (κ2) is 8.17. The molecule has 0 unspecified atom stereocenters. The van der Waals surface area contributed by atoms with Crippen molar-refractivity contribution in [3.63, 3.8) is 0 Å². The molecule has 0 bridgehead atoms. The Bertz CT molecular complexity index is 1780. The zero-order valence-electron chi connectivity index (χ0n) is 20.9. The molecule has 2 heteroatoms. The van der Waals surface area contributed by atoms with Gasteiger partial charge in [-0.15, -0.1) is 0 Å². The van der Waals surface area contributed by atoms with Crippen molar-refractivity contribution in [2.45, 2.75) is 0 Å². The lowest BCUT2D eigenvalue weighted by molar-refractivity contribution is 1.30. The predicted molar refractivity (Wildman–Crippen MR) is 163 cm³/mol. The fraction of sp³-hybridized carbons (Fsp3) is 0. The van der Waals surface area contributed by atoms with E-state index in [2.05, 4.69) is 157 Å². The van der Waals surface area contributed by atoms with E-state index in [9.17, 15) is 0 Å². The Morgan fingerprint density at radius 3 is 1.50 bits per heavy atom. The molecule has 6 aromatic rings. The number of hydrogen-bond donors (Lipinski definition) is 0. The summed E-state index contributed by atoms with van der Waals surface area (Å²) >= 11 is 0. The molecule has 0 atom stereocenters. The first-order valence-corrected chi connectivity index (χ1v) is 15.2. The summed E-state index contributed by atoms with van der Waals surface area (Å²) in [5, 5.41) is 5.70. The lowest BCUT2D eigenvalue weighted by atomic mass is 9.95. The minimum Gasteiger partial charge on any atom is -0.309 e. The highest BCUT2D eigenvalue weighted by Gasteiger charge is 2.50. The Labute approximate surface area is 224 Å². The third kappa shape index (κ3) is 2.75. The zero-order valence-corrected chi connectivity index (χ0v) is 21.9. The van der Waals surface area contributed by atoms with Crippen LogP contribution in [0.5, 0.6) is 0 Å². The van der Waals surface area contributed by atoms with Crippen molar-refractivity contribution in [1.82, 2.24) is 0 Å². The van der Waals surface area contributed by atoms with Gasteiger partial charge < -0.3 is 4.90 Å². The van der Waals surface area contributed by atoms with Gasteiger partial charge in [0.05, 0.1) is 11.4 Å². The van der Waals surface area contributed by atoms with Gasteiger partial charge >= 0.3 is 0 Å².